The Morgan fingerprint density at radius 2 is 1.70 bits per heavy atom. The number of urea groups is 1. The van der Waals surface area contributed by atoms with E-state index in [2.05, 4.69) is 21.3 Å². The van der Waals surface area contributed by atoms with Gasteiger partial charge in [-0.15, -0.1) is 12.4 Å². The molecule has 1 aliphatic carbocycles. The number of nitrogens with one attached hydrogen (secondary N) is 4. The van der Waals surface area contributed by atoms with Crippen LogP contribution in [0.3, 0.4) is 0 Å². The molecule has 2 rings (SSSR count). The van der Waals surface area contributed by atoms with Gasteiger partial charge in [-0.25, -0.2) is 4.79 Å². The molecule has 2 aliphatic rings. The average molecular weight is 347 g/mol. The molecule has 0 spiro atoms. The lowest BCUT2D eigenvalue weighted by atomic mass is 9.96. The van der Waals surface area contributed by atoms with E-state index >= 15 is 0 Å². The molecule has 2 fully saturated rings. The van der Waals surface area contributed by atoms with Gasteiger partial charge in [-0.05, 0) is 38.6 Å². The molecule has 3 amide bonds. The third kappa shape index (κ3) is 8.42. The molecule has 1 atom stereocenters. The summed E-state index contributed by atoms with van der Waals surface area (Å²) >= 11 is 0. The Labute approximate surface area is 145 Å². The summed E-state index contributed by atoms with van der Waals surface area (Å²) in [5, 5.41) is 12.2. The molecule has 1 unspecified atom stereocenters. The molecule has 4 N–H and O–H groups in total. The van der Waals surface area contributed by atoms with Gasteiger partial charge in [-0.3, -0.25) is 4.79 Å². The molecule has 7 heteroatoms. The molecule has 0 radical (unpaired) electrons. The molecule has 0 aromatic heterocycles. The molecule has 23 heavy (non-hydrogen) atoms. The zero-order chi connectivity index (χ0) is 15.6. The number of piperidine rings is 1. The maximum absolute atomic E-state index is 11.8. The first-order valence-corrected chi connectivity index (χ1v) is 8.78. The monoisotopic (exact) mass is 346 g/mol. The van der Waals surface area contributed by atoms with Crippen LogP contribution in [0.2, 0.25) is 0 Å². The Kier molecular flexibility index (Phi) is 10.0. The van der Waals surface area contributed by atoms with Gasteiger partial charge < -0.3 is 21.3 Å². The highest BCUT2D eigenvalue weighted by atomic mass is 35.5. The van der Waals surface area contributed by atoms with E-state index in [1.54, 1.807) is 0 Å². The van der Waals surface area contributed by atoms with Crippen molar-refractivity contribution in [2.75, 3.05) is 19.6 Å². The quantitative estimate of drug-likeness (QED) is 0.552. The van der Waals surface area contributed by atoms with E-state index in [1.165, 1.54) is 19.3 Å². The number of amides is 3. The molecule has 6 nitrogen and oxygen atoms in total. The van der Waals surface area contributed by atoms with Crippen molar-refractivity contribution in [2.45, 2.75) is 69.9 Å². The third-order valence-electron chi connectivity index (χ3n) is 4.47. The van der Waals surface area contributed by atoms with Crippen LogP contribution in [0.15, 0.2) is 0 Å². The van der Waals surface area contributed by atoms with E-state index in [-0.39, 0.29) is 30.4 Å². The van der Waals surface area contributed by atoms with Crippen molar-refractivity contribution in [2.24, 2.45) is 0 Å². The van der Waals surface area contributed by atoms with Gasteiger partial charge in [0.25, 0.3) is 0 Å². The van der Waals surface area contributed by atoms with Crippen LogP contribution in [0.5, 0.6) is 0 Å². The van der Waals surface area contributed by atoms with E-state index in [4.69, 9.17) is 0 Å². The minimum absolute atomic E-state index is 0. The Morgan fingerprint density at radius 3 is 2.39 bits per heavy atom. The second kappa shape index (κ2) is 11.5. The van der Waals surface area contributed by atoms with Gasteiger partial charge >= 0.3 is 6.03 Å². The van der Waals surface area contributed by atoms with Gasteiger partial charge in [0, 0.05) is 31.6 Å². The van der Waals surface area contributed by atoms with Crippen molar-refractivity contribution in [1.29, 1.82) is 0 Å². The van der Waals surface area contributed by atoms with Gasteiger partial charge in [-0.1, -0.05) is 19.3 Å². The Morgan fingerprint density at radius 1 is 0.957 bits per heavy atom. The number of hydrogen-bond donors (Lipinski definition) is 4. The second-order valence-electron chi connectivity index (χ2n) is 6.45. The standard InChI is InChI=1S/C16H30N4O2.ClH/c21-15(19-14-8-4-10-17-12-14)9-5-11-18-16(22)20-13-6-2-1-3-7-13;/h13-14,17H,1-12H2,(H,19,21)(H2,18,20,22);1H. The molecule has 1 saturated heterocycles. The highest BCUT2D eigenvalue weighted by Crippen LogP contribution is 2.17. The van der Waals surface area contributed by atoms with E-state index < -0.39 is 0 Å². The van der Waals surface area contributed by atoms with Crippen LogP contribution in [0, 0.1) is 0 Å². The average Bonchev–Trinajstić information content (AvgIpc) is 2.53. The van der Waals surface area contributed by atoms with Crippen molar-refractivity contribution >= 4 is 24.3 Å². The normalized spacial score (nSPS) is 21.8. The van der Waals surface area contributed by atoms with Crippen LogP contribution in [0.4, 0.5) is 4.79 Å². The van der Waals surface area contributed by atoms with Crippen molar-refractivity contribution in [3.63, 3.8) is 0 Å². The van der Waals surface area contributed by atoms with E-state index in [0.717, 1.165) is 38.8 Å². The zero-order valence-electron chi connectivity index (χ0n) is 13.9. The largest absolute Gasteiger partial charge is 0.352 e. The summed E-state index contributed by atoms with van der Waals surface area (Å²) in [4.78, 5) is 23.5. The minimum Gasteiger partial charge on any atom is -0.352 e. The lowest BCUT2D eigenvalue weighted by molar-refractivity contribution is -0.122. The van der Waals surface area contributed by atoms with Crippen LogP contribution in [-0.2, 0) is 4.79 Å². The Hall–Kier alpha value is -1.01. The highest BCUT2D eigenvalue weighted by molar-refractivity contribution is 5.85. The van der Waals surface area contributed by atoms with Gasteiger partial charge in [0.2, 0.25) is 5.91 Å². The number of carbonyl (C=O) groups is 2. The first-order valence-electron chi connectivity index (χ1n) is 8.78. The zero-order valence-corrected chi connectivity index (χ0v) is 14.7. The summed E-state index contributed by atoms with van der Waals surface area (Å²) in [7, 11) is 0. The van der Waals surface area contributed by atoms with Crippen LogP contribution in [-0.4, -0.2) is 43.7 Å². The lowest BCUT2D eigenvalue weighted by Gasteiger charge is -2.24. The molecular formula is C16H31ClN4O2. The van der Waals surface area contributed by atoms with Gasteiger partial charge in [0.05, 0.1) is 0 Å². The van der Waals surface area contributed by atoms with Crippen LogP contribution in [0.25, 0.3) is 0 Å². The molecule has 134 valence electrons. The molecule has 0 aromatic carbocycles. The predicted molar refractivity (Wildman–Crippen MR) is 93.9 cm³/mol. The predicted octanol–water partition coefficient (Wildman–Crippen LogP) is 1.69. The van der Waals surface area contributed by atoms with Crippen LogP contribution >= 0.6 is 12.4 Å². The topological polar surface area (TPSA) is 82.3 Å². The fourth-order valence-electron chi connectivity index (χ4n) is 3.21. The van der Waals surface area contributed by atoms with E-state index in [1.807, 2.05) is 0 Å². The first kappa shape index (κ1) is 20.0. The maximum Gasteiger partial charge on any atom is 0.315 e. The number of halogens is 1. The minimum atomic E-state index is -0.0937. The van der Waals surface area contributed by atoms with Crippen LogP contribution < -0.4 is 21.3 Å². The van der Waals surface area contributed by atoms with Crippen LogP contribution in [0.1, 0.15) is 57.8 Å². The SMILES string of the molecule is Cl.O=C(CCCNC(=O)NC1CCCCC1)NC1CCCNC1. The summed E-state index contributed by atoms with van der Waals surface area (Å²) in [6.45, 7) is 2.47. The molecule has 0 aromatic rings. The van der Waals surface area contributed by atoms with Gasteiger partial charge in [0.15, 0.2) is 0 Å². The summed E-state index contributed by atoms with van der Waals surface area (Å²) in [5.41, 5.74) is 0. The van der Waals surface area contributed by atoms with E-state index in [9.17, 15) is 9.59 Å². The molecule has 0 bridgehead atoms. The smallest absolute Gasteiger partial charge is 0.315 e. The lowest BCUT2D eigenvalue weighted by Crippen LogP contribution is -2.46. The maximum atomic E-state index is 11.8. The molecular weight excluding hydrogens is 316 g/mol. The Bertz CT molecular complexity index is 322. The fourth-order valence-corrected chi connectivity index (χ4v) is 3.21. The van der Waals surface area contributed by atoms with Crippen molar-refractivity contribution in [3.05, 3.63) is 0 Å². The van der Waals surface area contributed by atoms with Crippen molar-refractivity contribution in [3.8, 4) is 0 Å². The number of carbonyl (C=O) groups excluding carboxylic acids is 2. The number of hydrogen-bond acceptors (Lipinski definition) is 3. The highest BCUT2D eigenvalue weighted by Gasteiger charge is 2.16. The summed E-state index contributed by atoms with van der Waals surface area (Å²) in [6, 6.07) is 0.503. The van der Waals surface area contributed by atoms with Crippen molar-refractivity contribution in [1.82, 2.24) is 21.3 Å². The summed E-state index contributed by atoms with van der Waals surface area (Å²) in [6.07, 6.45) is 9.21. The first-order chi connectivity index (χ1) is 10.7. The Balaban J connectivity index is 0.00000264. The summed E-state index contributed by atoms with van der Waals surface area (Å²) in [5.74, 6) is 0.0863. The van der Waals surface area contributed by atoms with Gasteiger partial charge in [-0.2, -0.15) is 0 Å². The fraction of sp³-hybridized carbons (Fsp3) is 0.875. The van der Waals surface area contributed by atoms with E-state index in [0.29, 0.717) is 25.4 Å². The van der Waals surface area contributed by atoms with Gasteiger partial charge in [0.1, 0.15) is 0 Å². The molecule has 1 heterocycles. The molecule has 1 aliphatic heterocycles. The molecule has 1 saturated carbocycles. The number of rotatable bonds is 6. The van der Waals surface area contributed by atoms with Crippen molar-refractivity contribution < 1.29 is 9.59 Å². The third-order valence-corrected chi connectivity index (χ3v) is 4.47. The summed E-state index contributed by atoms with van der Waals surface area (Å²) < 4.78 is 0. The second-order valence-corrected chi connectivity index (χ2v) is 6.45.